The molecule has 1 aromatic heterocycles. The van der Waals surface area contributed by atoms with Crippen LogP contribution in [0.2, 0.25) is 0 Å². The van der Waals surface area contributed by atoms with Gasteiger partial charge in [0.25, 0.3) is 0 Å². The number of aryl methyl sites for hydroxylation is 1. The first-order valence-corrected chi connectivity index (χ1v) is 8.46. The maximum atomic E-state index is 4.08. The van der Waals surface area contributed by atoms with Crippen molar-refractivity contribution in [2.24, 2.45) is 7.05 Å². The molecule has 0 amide bonds. The van der Waals surface area contributed by atoms with Crippen LogP contribution in [0.3, 0.4) is 0 Å². The average Bonchev–Trinajstić information content (AvgIpc) is 2.77. The van der Waals surface area contributed by atoms with E-state index < -0.39 is 0 Å². The van der Waals surface area contributed by atoms with Gasteiger partial charge in [-0.15, -0.1) is 16.9 Å². The highest BCUT2D eigenvalue weighted by molar-refractivity contribution is 9.10. The van der Waals surface area contributed by atoms with E-state index in [1.807, 2.05) is 23.5 Å². The number of aromatic nitrogens is 3. The predicted molar refractivity (Wildman–Crippen MR) is 87.1 cm³/mol. The number of nitrogens with zero attached hydrogens (tertiary/aromatic N) is 3. The van der Waals surface area contributed by atoms with Gasteiger partial charge in [0.05, 0.1) is 11.7 Å². The minimum atomic E-state index is 0.0926. The molecule has 0 saturated heterocycles. The van der Waals surface area contributed by atoms with Gasteiger partial charge < -0.3 is 5.32 Å². The van der Waals surface area contributed by atoms with Crippen LogP contribution in [-0.4, -0.2) is 27.3 Å². The van der Waals surface area contributed by atoms with Crippen LogP contribution in [0.25, 0.3) is 0 Å². The van der Waals surface area contributed by atoms with Crippen molar-refractivity contribution in [1.29, 1.82) is 0 Å². The smallest absolute Gasteiger partial charge is 0.153 e. The predicted octanol–water partition coefficient (Wildman–Crippen LogP) is 3.39. The first-order valence-electron chi connectivity index (χ1n) is 6.68. The van der Waals surface area contributed by atoms with E-state index in [1.54, 1.807) is 0 Å². The van der Waals surface area contributed by atoms with Crippen molar-refractivity contribution in [1.82, 2.24) is 20.3 Å². The summed E-state index contributed by atoms with van der Waals surface area (Å²) in [4.78, 5) is 1.30. The molecule has 2 aromatic rings. The molecule has 0 aliphatic heterocycles. The van der Waals surface area contributed by atoms with Gasteiger partial charge in [-0.3, -0.25) is 0 Å². The highest BCUT2D eigenvalue weighted by Gasteiger charge is 2.21. The highest BCUT2D eigenvalue weighted by atomic mass is 79.9. The monoisotopic (exact) mass is 354 g/mol. The number of halogens is 1. The van der Waals surface area contributed by atoms with Gasteiger partial charge in [-0.05, 0) is 45.9 Å². The van der Waals surface area contributed by atoms with E-state index in [1.165, 1.54) is 10.5 Å². The van der Waals surface area contributed by atoms with Gasteiger partial charge >= 0.3 is 0 Å². The Morgan fingerprint density at radius 3 is 2.50 bits per heavy atom. The molecule has 0 saturated carbocycles. The number of thioether (sulfide) groups is 1. The van der Waals surface area contributed by atoms with Crippen molar-refractivity contribution in [2.45, 2.75) is 24.8 Å². The van der Waals surface area contributed by atoms with Crippen LogP contribution in [0, 0.1) is 0 Å². The number of rotatable bonds is 6. The number of nitrogens with one attached hydrogen (secondary N) is 1. The Morgan fingerprint density at radius 2 is 2.00 bits per heavy atom. The molecule has 0 fully saturated rings. The number of benzene rings is 1. The van der Waals surface area contributed by atoms with Crippen molar-refractivity contribution in [2.75, 3.05) is 12.3 Å². The Labute approximate surface area is 132 Å². The molecular weight excluding hydrogens is 336 g/mol. The third-order valence-corrected chi connectivity index (χ3v) is 4.49. The summed E-state index contributed by atoms with van der Waals surface area (Å²) >= 11 is 5.34. The molecule has 1 heterocycles. The van der Waals surface area contributed by atoms with Crippen LogP contribution in [0.5, 0.6) is 0 Å². The second kappa shape index (κ2) is 7.24. The molecule has 0 bridgehead atoms. The van der Waals surface area contributed by atoms with Crippen molar-refractivity contribution in [3.63, 3.8) is 0 Å². The zero-order valence-electron chi connectivity index (χ0n) is 11.9. The van der Waals surface area contributed by atoms with Gasteiger partial charge in [-0.25, -0.2) is 4.68 Å². The van der Waals surface area contributed by atoms with E-state index in [0.717, 1.165) is 22.6 Å². The average molecular weight is 355 g/mol. The fourth-order valence-electron chi connectivity index (χ4n) is 2.14. The summed E-state index contributed by atoms with van der Waals surface area (Å²) < 4.78 is 2.60. The van der Waals surface area contributed by atoms with Crippen LogP contribution < -0.4 is 5.32 Å². The van der Waals surface area contributed by atoms with Gasteiger partial charge in [0, 0.05) is 11.9 Å². The van der Waals surface area contributed by atoms with Gasteiger partial charge in [-0.1, -0.05) is 31.2 Å². The van der Waals surface area contributed by atoms with Crippen LogP contribution >= 0.6 is 27.7 Å². The summed E-state index contributed by atoms with van der Waals surface area (Å²) in [7, 11) is 1.92. The second-order valence-electron chi connectivity index (χ2n) is 4.38. The van der Waals surface area contributed by atoms with Gasteiger partial charge in [-0.2, -0.15) is 0 Å². The van der Waals surface area contributed by atoms with E-state index >= 15 is 0 Å². The third kappa shape index (κ3) is 3.42. The molecule has 4 nitrogen and oxygen atoms in total. The lowest BCUT2D eigenvalue weighted by molar-refractivity contribution is 0.567. The molecule has 0 radical (unpaired) electrons. The Bertz CT molecular complexity index is 533. The molecule has 1 unspecified atom stereocenters. The lowest BCUT2D eigenvalue weighted by atomic mass is 10.0. The van der Waals surface area contributed by atoms with Crippen LogP contribution in [0.4, 0.5) is 0 Å². The summed E-state index contributed by atoms with van der Waals surface area (Å²) in [5.41, 5.74) is 2.26. The van der Waals surface area contributed by atoms with Gasteiger partial charge in [0.2, 0.25) is 0 Å². The largest absolute Gasteiger partial charge is 0.305 e. The maximum Gasteiger partial charge on any atom is 0.153 e. The Kier molecular flexibility index (Phi) is 5.63. The second-order valence-corrected chi connectivity index (χ2v) is 6.47. The van der Waals surface area contributed by atoms with Crippen LogP contribution in [-0.2, 0) is 7.05 Å². The molecule has 0 aliphatic rings. The first-order chi connectivity index (χ1) is 9.67. The lowest BCUT2D eigenvalue weighted by Gasteiger charge is -2.19. The summed E-state index contributed by atoms with van der Waals surface area (Å²) in [6.07, 6.45) is 0. The normalized spacial score (nSPS) is 12.6. The zero-order chi connectivity index (χ0) is 14.5. The molecule has 1 aromatic carbocycles. The molecule has 1 N–H and O–H groups in total. The number of hydrogen-bond donors (Lipinski definition) is 1. The Morgan fingerprint density at radius 1 is 1.30 bits per heavy atom. The van der Waals surface area contributed by atoms with Crippen molar-refractivity contribution in [3.05, 3.63) is 40.1 Å². The van der Waals surface area contributed by atoms with Crippen LogP contribution in [0.15, 0.2) is 33.8 Å². The lowest BCUT2D eigenvalue weighted by Crippen LogP contribution is -2.24. The highest BCUT2D eigenvalue weighted by Crippen LogP contribution is 2.28. The standard InChI is InChI=1S/C14H19BrN4S/c1-4-16-12(13-14(15)17-18-19(13)3)10-6-8-11(9-7-10)20-5-2/h6-9,12,16H,4-5H2,1-3H3. The summed E-state index contributed by atoms with van der Waals surface area (Å²) in [6, 6.07) is 8.78. The molecule has 20 heavy (non-hydrogen) atoms. The zero-order valence-corrected chi connectivity index (χ0v) is 14.3. The van der Waals surface area contributed by atoms with E-state index in [2.05, 4.69) is 69.7 Å². The molecule has 6 heteroatoms. The molecule has 0 spiro atoms. The molecule has 108 valence electrons. The Balaban J connectivity index is 2.33. The van der Waals surface area contributed by atoms with E-state index in [9.17, 15) is 0 Å². The van der Waals surface area contributed by atoms with E-state index in [4.69, 9.17) is 0 Å². The molecular formula is C14H19BrN4S. The minimum absolute atomic E-state index is 0.0926. The molecule has 0 aliphatic carbocycles. The third-order valence-electron chi connectivity index (χ3n) is 3.03. The van der Waals surface area contributed by atoms with E-state index in [0.29, 0.717) is 0 Å². The summed E-state index contributed by atoms with van der Waals surface area (Å²) in [6.45, 7) is 5.15. The molecule has 1 atom stereocenters. The maximum absolute atomic E-state index is 4.08. The first kappa shape index (κ1) is 15.5. The SMILES string of the molecule is CCNC(c1ccc(SCC)cc1)c1c(Br)nnn1C. The Hall–Kier alpha value is -0.850. The van der Waals surface area contributed by atoms with Gasteiger partial charge in [0.1, 0.15) is 0 Å². The van der Waals surface area contributed by atoms with Gasteiger partial charge in [0.15, 0.2) is 4.60 Å². The summed E-state index contributed by atoms with van der Waals surface area (Å²) in [5, 5.41) is 11.6. The quantitative estimate of drug-likeness (QED) is 0.807. The van der Waals surface area contributed by atoms with Crippen molar-refractivity contribution < 1.29 is 0 Å². The van der Waals surface area contributed by atoms with Crippen molar-refractivity contribution in [3.8, 4) is 0 Å². The molecule has 2 rings (SSSR count). The minimum Gasteiger partial charge on any atom is -0.305 e. The van der Waals surface area contributed by atoms with E-state index in [-0.39, 0.29) is 6.04 Å². The fourth-order valence-corrected chi connectivity index (χ4v) is 3.36. The fraction of sp³-hybridized carbons (Fsp3) is 0.429. The topological polar surface area (TPSA) is 42.7 Å². The van der Waals surface area contributed by atoms with Crippen LogP contribution in [0.1, 0.15) is 31.1 Å². The van der Waals surface area contributed by atoms with Crippen molar-refractivity contribution >= 4 is 27.7 Å². The summed E-state index contributed by atoms with van der Waals surface area (Å²) in [5.74, 6) is 1.09. The number of hydrogen-bond acceptors (Lipinski definition) is 4.